The Labute approximate surface area is 221 Å². The van der Waals surface area contributed by atoms with Crippen LogP contribution in [-0.2, 0) is 22.6 Å². The lowest BCUT2D eigenvalue weighted by atomic mass is 10.0. The summed E-state index contributed by atoms with van der Waals surface area (Å²) in [5, 5.41) is 0.448. The fraction of sp³-hybridized carbons (Fsp3) is 0.429. The molecule has 0 bridgehead atoms. The van der Waals surface area contributed by atoms with Gasteiger partial charge in [-0.25, -0.2) is 0 Å². The number of carbonyl (C=O) groups excluding carboxylic acids is 2. The Kier molecular flexibility index (Phi) is 7.69. The number of piperidine rings is 1. The number of ether oxygens (including phenoxy) is 2. The SMILES string of the molecule is CCCN(Cc1cccn1Cc1ccc(C(=O)N2CCC3(CC2)OCCO3)o1)C(=O)c1ccccc1Cl. The number of amides is 2. The molecule has 2 aliphatic heterocycles. The highest BCUT2D eigenvalue weighted by Crippen LogP contribution is 2.32. The number of rotatable bonds is 8. The van der Waals surface area contributed by atoms with Crippen LogP contribution in [0.1, 0.15) is 58.6 Å². The molecule has 9 heteroatoms. The molecular weight excluding hydrogens is 494 g/mol. The normalized spacial score (nSPS) is 16.9. The number of aromatic nitrogens is 1. The smallest absolute Gasteiger partial charge is 0.289 e. The van der Waals surface area contributed by atoms with Crippen molar-refractivity contribution in [3.05, 3.63) is 82.5 Å². The average molecular weight is 526 g/mol. The largest absolute Gasteiger partial charge is 0.454 e. The first kappa shape index (κ1) is 25.6. The van der Waals surface area contributed by atoms with Crippen LogP contribution in [0.4, 0.5) is 0 Å². The Bertz CT molecular complexity index is 1240. The van der Waals surface area contributed by atoms with Gasteiger partial charge in [-0.2, -0.15) is 0 Å². The zero-order valence-electron chi connectivity index (χ0n) is 21.0. The van der Waals surface area contributed by atoms with E-state index in [1.54, 1.807) is 23.1 Å². The van der Waals surface area contributed by atoms with Crippen LogP contribution in [0.5, 0.6) is 0 Å². The third-order valence-electron chi connectivity index (χ3n) is 6.99. The Balaban J connectivity index is 1.23. The number of hydrogen-bond acceptors (Lipinski definition) is 5. The fourth-order valence-corrected chi connectivity index (χ4v) is 5.22. The van der Waals surface area contributed by atoms with Gasteiger partial charge in [0.05, 0.1) is 36.9 Å². The van der Waals surface area contributed by atoms with Crippen molar-refractivity contribution in [1.82, 2.24) is 14.4 Å². The molecule has 8 nitrogen and oxygen atoms in total. The predicted molar refractivity (Wildman–Crippen MR) is 138 cm³/mol. The van der Waals surface area contributed by atoms with Crippen LogP contribution in [-0.4, -0.2) is 64.8 Å². The van der Waals surface area contributed by atoms with Crippen molar-refractivity contribution in [2.45, 2.75) is 45.1 Å². The van der Waals surface area contributed by atoms with Crippen molar-refractivity contribution in [2.24, 2.45) is 0 Å². The lowest BCUT2D eigenvalue weighted by Gasteiger charge is -2.37. The summed E-state index contributed by atoms with van der Waals surface area (Å²) in [7, 11) is 0. The molecule has 2 amide bonds. The second-order valence-electron chi connectivity index (χ2n) is 9.50. The van der Waals surface area contributed by atoms with Crippen molar-refractivity contribution in [3.8, 4) is 0 Å². The lowest BCUT2D eigenvalue weighted by Crippen LogP contribution is -2.47. The molecule has 0 unspecified atom stereocenters. The number of hydrogen-bond donors (Lipinski definition) is 0. The van der Waals surface area contributed by atoms with Crippen molar-refractivity contribution in [3.63, 3.8) is 0 Å². The van der Waals surface area contributed by atoms with Gasteiger partial charge in [-0.1, -0.05) is 30.7 Å². The highest BCUT2D eigenvalue weighted by atomic mass is 35.5. The Morgan fingerprint density at radius 1 is 1.03 bits per heavy atom. The third kappa shape index (κ3) is 5.61. The number of halogens is 1. The molecule has 5 rings (SSSR count). The first-order valence-corrected chi connectivity index (χ1v) is 13.2. The average Bonchev–Trinajstić information content (AvgIpc) is 3.67. The highest BCUT2D eigenvalue weighted by molar-refractivity contribution is 6.33. The second kappa shape index (κ2) is 11.1. The molecule has 3 aromatic rings. The minimum absolute atomic E-state index is 0.0946. The molecule has 0 N–H and O–H groups in total. The highest BCUT2D eigenvalue weighted by Gasteiger charge is 2.41. The third-order valence-corrected chi connectivity index (χ3v) is 7.32. The summed E-state index contributed by atoms with van der Waals surface area (Å²) in [5.41, 5.74) is 1.47. The monoisotopic (exact) mass is 525 g/mol. The molecule has 2 aliphatic rings. The first-order chi connectivity index (χ1) is 18.0. The quantitative estimate of drug-likeness (QED) is 0.421. The van der Waals surface area contributed by atoms with Crippen LogP contribution in [0.15, 0.2) is 59.1 Å². The Morgan fingerprint density at radius 3 is 2.51 bits per heavy atom. The van der Waals surface area contributed by atoms with Crippen molar-refractivity contribution >= 4 is 23.4 Å². The van der Waals surface area contributed by atoms with E-state index in [0.29, 0.717) is 80.9 Å². The van der Waals surface area contributed by atoms with E-state index in [1.807, 2.05) is 52.9 Å². The second-order valence-corrected chi connectivity index (χ2v) is 9.91. The van der Waals surface area contributed by atoms with Crippen LogP contribution in [0, 0.1) is 0 Å². The molecule has 2 fully saturated rings. The van der Waals surface area contributed by atoms with Gasteiger partial charge in [-0.05, 0) is 42.8 Å². The van der Waals surface area contributed by atoms with E-state index in [9.17, 15) is 9.59 Å². The molecule has 1 spiro atoms. The molecular formula is C28H32ClN3O5. The maximum Gasteiger partial charge on any atom is 0.289 e. The molecule has 0 radical (unpaired) electrons. The summed E-state index contributed by atoms with van der Waals surface area (Å²) < 4.78 is 19.5. The standard InChI is InChI=1S/C28H32ClN3O5/c1-2-13-32(26(33)23-7-3-4-8-24(23)29)19-21-6-5-14-31(21)20-22-9-10-25(37-22)27(34)30-15-11-28(12-16-30)35-17-18-36-28/h3-10,14H,2,11-13,15-20H2,1H3. The summed E-state index contributed by atoms with van der Waals surface area (Å²) in [6, 6.07) is 14.6. The number of furan rings is 1. The zero-order chi connectivity index (χ0) is 25.8. The summed E-state index contributed by atoms with van der Waals surface area (Å²) >= 11 is 6.29. The summed E-state index contributed by atoms with van der Waals surface area (Å²) in [4.78, 5) is 29.9. The Hall–Kier alpha value is -3.07. The number of likely N-dealkylation sites (tertiary alicyclic amines) is 1. The van der Waals surface area contributed by atoms with Crippen molar-refractivity contribution in [1.29, 1.82) is 0 Å². The number of benzene rings is 1. The van der Waals surface area contributed by atoms with Crippen LogP contribution >= 0.6 is 11.6 Å². The lowest BCUT2D eigenvalue weighted by molar-refractivity contribution is -0.181. The van der Waals surface area contributed by atoms with E-state index < -0.39 is 5.79 Å². The maximum absolute atomic E-state index is 13.2. The summed E-state index contributed by atoms with van der Waals surface area (Å²) in [5.74, 6) is 0.272. The molecule has 1 aromatic carbocycles. The van der Waals surface area contributed by atoms with E-state index in [1.165, 1.54) is 0 Å². The van der Waals surface area contributed by atoms with Gasteiger partial charge in [0.2, 0.25) is 0 Å². The number of nitrogens with zero attached hydrogens (tertiary/aromatic N) is 3. The van der Waals surface area contributed by atoms with E-state index in [4.69, 9.17) is 25.5 Å². The minimum Gasteiger partial charge on any atom is -0.454 e. The molecule has 2 saturated heterocycles. The predicted octanol–water partition coefficient (Wildman–Crippen LogP) is 4.81. The Morgan fingerprint density at radius 2 is 1.78 bits per heavy atom. The van der Waals surface area contributed by atoms with Gasteiger partial charge >= 0.3 is 0 Å². The molecule has 37 heavy (non-hydrogen) atoms. The van der Waals surface area contributed by atoms with Crippen LogP contribution < -0.4 is 0 Å². The number of carbonyl (C=O) groups is 2. The van der Waals surface area contributed by atoms with Crippen LogP contribution in [0.2, 0.25) is 5.02 Å². The van der Waals surface area contributed by atoms with Gasteiger partial charge in [0.1, 0.15) is 5.76 Å². The molecule has 4 heterocycles. The van der Waals surface area contributed by atoms with Crippen LogP contribution in [0.3, 0.4) is 0 Å². The van der Waals surface area contributed by atoms with Gasteiger partial charge in [0.25, 0.3) is 11.8 Å². The van der Waals surface area contributed by atoms with Gasteiger partial charge in [-0.15, -0.1) is 0 Å². The van der Waals surface area contributed by atoms with E-state index in [-0.39, 0.29) is 11.8 Å². The van der Waals surface area contributed by atoms with Crippen molar-refractivity contribution < 1.29 is 23.5 Å². The summed E-state index contributed by atoms with van der Waals surface area (Å²) in [6.45, 7) is 5.93. The van der Waals surface area contributed by atoms with Crippen molar-refractivity contribution in [2.75, 3.05) is 32.8 Å². The van der Waals surface area contributed by atoms with Gasteiger partial charge in [0.15, 0.2) is 11.5 Å². The first-order valence-electron chi connectivity index (χ1n) is 12.8. The molecule has 0 saturated carbocycles. The topological polar surface area (TPSA) is 77.2 Å². The van der Waals surface area contributed by atoms with Gasteiger partial charge in [0, 0.05) is 44.4 Å². The molecule has 0 aliphatic carbocycles. The van der Waals surface area contributed by atoms with E-state index in [0.717, 1.165) is 12.1 Å². The maximum atomic E-state index is 13.2. The molecule has 2 aromatic heterocycles. The fourth-order valence-electron chi connectivity index (χ4n) is 5.01. The van der Waals surface area contributed by atoms with Gasteiger partial charge in [-0.3, -0.25) is 9.59 Å². The van der Waals surface area contributed by atoms with Crippen LogP contribution in [0.25, 0.3) is 0 Å². The molecule has 196 valence electrons. The summed E-state index contributed by atoms with van der Waals surface area (Å²) in [6.07, 6.45) is 4.12. The van der Waals surface area contributed by atoms with Gasteiger partial charge < -0.3 is 28.3 Å². The van der Waals surface area contributed by atoms with E-state index >= 15 is 0 Å². The minimum atomic E-state index is -0.519. The molecule has 0 atom stereocenters. The zero-order valence-corrected chi connectivity index (χ0v) is 21.8. The van der Waals surface area contributed by atoms with E-state index in [2.05, 4.69) is 0 Å².